The van der Waals surface area contributed by atoms with E-state index in [1.807, 2.05) is 6.92 Å². The van der Waals surface area contributed by atoms with Gasteiger partial charge in [0.1, 0.15) is 5.84 Å². The summed E-state index contributed by atoms with van der Waals surface area (Å²) in [6.45, 7) is 2.35. The third-order valence-electron chi connectivity index (χ3n) is 3.77. The van der Waals surface area contributed by atoms with E-state index in [4.69, 9.17) is 0 Å². The van der Waals surface area contributed by atoms with E-state index in [0.29, 0.717) is 23.9 Å². The van der Waals surface area contributed by atoms with Crippen molar-refractivity contribution in [3.8, 4) is 0 Å². The van der Waals surface area contributed by atoms with E-state index in [1.165, 1.54) is 12.8 Å². The third-order valence-corrected chi connectivity index (χ3v) is 4.94. The molecule has 3 rings (SSSR count). The molecule has 0 radical (unpaired) electrons. The van der Waals surface area contributed by atoms with Crippen molar-refractivity contribution in [1.29, 1.82) is 0 Å². The van der Waals surface area contributed by atoms with Gasteiger partial charge in [0.2, 0.25) is 0 Å². The minimum absolute atomic E-state index is 0.0196. The lowest BCUT2D eigenvalue weighted by Gasteiger charge is -2.27. The van der Waals surface area contributed by atoms with Gasteiger partial charge in [-0.2, -0.15) is 0 Å². The number of fused-ring (bicyclic) bond motifs is 1. The molecule has 1 unspecified atom stereocenters. The second kappa shape index (κ2) is 4.73. The molecule has 108 valence electrons. The number of amides is 1. The molecule has 6 nitrogen and oxygen atoms in total. The number of nitrogens with one attached hydrogen (secondary N) is 1. The summed E-state index contributed by atoms with van der Waals surface area (Å²) in [7, 11) is -3.35. The van der Waals surface area contributed by atoms with Crippen molar-refractivity contribution in [3.63, 3.8) is 0 Å². The summed E-state index contributed by atoms with van der Waals surface area (Å²) in [5.41, 5.74) is 0.538. The summed E-state index contributed by atoms with van der Waals surface area (Å²) in [6.07, 6.45) is 7.22. The Kier molecular flexibility index (Phi) is 3.16. The van der Waals surface area contributed by atoms with Gasteiger partial charge in [-0.3, -0.25) is 4.79 Å². The highest BCUT2D eigenvalue weighted by Crippen LogP contribution is 2.32. The molecule has 2 aliphatic heterocycles. The zero-order valence-corrected chi connectivity index (χ0v) is 12.1. The van der Waals surface area contributed by atoms with Crippen LogP contribution in [0.5, 0.6) is 0 Å². The highest BCUT2D eigenvalue weighted by atomic mass is 32.2. The van der Waals surface area contributed by atoms with Crippen LogP contribution < -0.4 is 5.32 Å². The summed E-state index contributed by atoms with van der Waals surface area (Å²) >= 11 is 0. The van der Waals surface area contributed by atoms with Crippen molar-refractivity contribution in [2.45, 2.75) is 25.8 Å². The molecule has 0 aromatic carbocycles. The second-order valence-electron chi connectivity index (χ2n) is 5.45. The number of amidine groups is 1. The fourth-order valence-corrected chi connectivity index (χ4v) is 3.31. The third kappa shape index (κ3) is 2.77. The van der Waals surface area contributed by atoms with Crippen LogP contribution >= 0.6 is 0 Å². The Bertz CT molecular complexity index is 629. The Balaban J connectivity index is 1.72. The van der Waals surface area contributed by atoms with Gasteiger partial charge in [0, 0.05) is 18.8 Å². The van der Waals surface area contributed by atoms with E-state index in [1.54, 1.807) is 23.3 Å². The van der Waals surface area contributed by atoms with Crippen molar-refractivity contribution in [2.75, 3.05) is 12.3 Å². The number of carbonyl (C=O) groups is 1. The van der Waals surface area contributed by atoms with Crippen molar-refractivity contribution in [2.24, 2.45) is 10.3 Å². The predicted octanol–water partition coefficient (Wildman–Crippen LogP) is 0.399. The average Bonchev–Trinajstić information content (AvgIpc) is 3.21. The maximum absolute atomic E-state index is 12.1. The van der Waals surface area contributed by atoms with Gasteiger partial charge in [0.05, 0.1) is 11.3 Å². The van der Waals surface area contributed by atoms with Crippen molar-refractivity contribution in [3.05, 3.63) is 23.9 Å². The normalized spacial score (nSPS) is 25.4. The highest BCUT2D eigenvalue weighted by Gasteiger charge is 2.30. The molecule has 0 saturated heterocycles. The molecule has 3 aliphatic rings. The van der Waals surface area contributed by atoms with Crippen LogP contribution in [0.25, 0.3) is 0 Å². The van der Waals surface area contributed by atoms with Crippen molar-refractivity contribution in [1.82, 2.24) is 10.2 Å². The first kappa shape index (κ1) is 13.4. The number of sulfonamides is 1. The molecule has 20 heavy (non-hydrogen) atoms. The van der Waals surface area contributed by atoms with Crippen LogP contribution in [0, 0.1) is 5.92 Å². The van der Waals surface area contributed by atoms with E-state index in [0.717, 1.165) is 0 Å². The zero-order chi connectivity index (χ0) is 14.3. The Hall–Kier alpha value is -1.63. The summed E-state index contributed by atoms with van der Waals surface area (Å²) in [4.78, 5) is 13.8. The highest BCUT2D eigenvalue weighted by molar-refractivity contribution is 7.90. The molecule has 1 atom stereocenters. The first-order valence-corrected chi connectivity index (χ1v) is 8.35. The molecule has 2 heterocycles. The molecule has 1 N–H and O–H groups in total. The Morgan fingerprint density at radius 3 is 2.90 bits per heavy atom. The summed E-state index contributed by atoms with van der Waals surface area (Å²) in [5.74, 6) is 0.842. The maximum Gasteiger partial charge on any atom is 0.256 e. The van der Waals surface area contributed by atoms with Gasteiger partial charge in [0.15, 0.2) is 0 Å². The Morgan fingerprint density at radius 2 is 2.20 bits per heavy atom. The summed E-state index contributed by atoms with van der Waals surface area (Å²) in [5, 5.41) is 2.98. The Labute approximate surface area is 118 Å². The van der Waals surface area contributed by atoms with Crippen LogP contribution in [0.2, 0.25) is 0 Å². The molecule has 1 amide bonds. The first-order chi connectivity index (χ1) is 9.44. The molecule has 1 saturated carbocycles. The van der Waals surface area contributed by atoms with Crippen LogP contribution in [0.15, 0.2) is 28.3 Å². The lowest BCUT2D eigenvalue weighted by atomic mass is 10.1. The number of carbonyl (C=O) groups excluding carboxylic acids is 1. The van der Waals surface area contributed by atoms with Gasteiger partial charge in [-0.1, -0.05) is 0 Å². The standard InChI is InChI=1S/C13H17N3O3S/c1-9(10-2-3-10)14-13(17)11-4-5-12-15-20(18,19)7-6-16(12)8-11/h4-5,8-10H,2-3,6-7H2,1H3,(H,14,17). The van der Waals surface area contributed by atoms with E-state index in [2.05, 4.69) is 9.71 Å². The molecule has 1 fully saturated rings. The average molecular weight is 295 g/mol. The fourth-order valence-electron chi connectivity index (χ4n) is 2.34. The monoisotopic (exact) mass is 295 g/mol. The van der Waals surface area contributed by atoms with Crippen molar-refractivity contribution >= 4 is 21.8 Å². The largest absolute Gasteiger partial charge is 0.349 e. The lowest BCUT2D eigenvalue weighted by Crippen LogP contribution is -2.39. The Morgan fingerprint density at radius 1 is 1.45 bits per heavy atom. The number of rotatable bonds is 3. The summed E-state index contributed by atoms with van der Waals surface area (Å²) < 4.78 is 26.5. The van der Waals surface area contributed by atoms with Gasteiger partial charge < -0.3 is 10.2 Å². The minimum atomic E-state index is -3.35. The van der Waals surface area contributed by atoms with E-state index < -0.39 is 10.0 Å². The van der Waals surface area contributed by atoms with Crippen LogP contribution in [0.3, 0.4) is 0 Å². The maximum atomic E-state index is 12.1. The quantitative estimate of drug-likeness (QED) is 0.817. The molecule has 1 aliphatic carbocycles. The molecule has 0 spiro atoms. The van der Waals surface area contributed by atoms with Gasteiger partial charge in [-0.25, -0.2) is 8.42 Å². The van der Waals surface area contributed by atoms with Crippen LogP contribution in [-0.2, 0) is 14.8 Å². The minimum Gasteiger partial charge on any atom is -0.349 e. The molecule has 0 bridgehead atoms. The zero-order valence-electron chi connectivity index (χ0n) is 11.2. The van der Waals surface area contributed by atoms with Crippen LogP contribution in [-0.4, -0.2) is 43.4 Å². The van der Waals surface area contributed by atoms with E-state index in [-0.39, 0.29) is 17.7 Å². The number of hydrogen-bond donors (Lipinski definition) is 1. The van der Waals surface area contributed by atoms with Gasteiger partial charge in [0.25, 0.3) is 15.9 Å². The molecular weight excluding hydrogens is 278 g/mol. The first-order valence-electron chi connectivity index (χ1n) is 6.75. The number of nitrogens with zero attached hydrogens (tertiary/aromatic N) is 2. The SMILES string of the molecule is CC(NC(=O)C1=CN2CCS(=O)(=O)N=C2C=C1)C1CC1. The molecule has 0 aromatic heterocycles. The van der Waals surface area contributed by atoms with Crippen LogP contribution in [0.1, 0.15) is 19.8 Å². The lowest BCUT2D eigenvalue weighted by molar-refractivity contribution is -0.117. The van der Waals surface area contributed by atoms with Crippen molar-refractivity contribution < 1.29 is 13.2 Å². The molecule has 0 aromatic rings. The predicted molar refractivity (Wildman–Crippen MR) is 75.5 cm³/mol. The fraction of sp³-hybridized carbons (Fsp3) is 0.538. The van der Waals surface area contributed by atoms with Gasteiger partial charge in [-0.15, -0.1) is 4.40 Å². The number of hydrogen-bond acceptors (Lipinski definition) is 4. The van der Waals surface area contributed by atoms with E-state index >= 15 is 0 Å². The van der Waals surface area contributed by atoms with Crippen LogP contribution in [0.4, 0.5) is 0 Å². The van der Waals surface area contributed by atoms with Gasteiger partial charge >= 0.3 is 0 Å². The topological polar surface area (TPSA) is 78.8 Å². The second-order valence-corrected chi connectivity index (χ2v) is 7.20. The summed E-state index contributed by atoms with van der Waals surface area (Å²) in [6, 6.07) is 0.189. The van der Waals surface area contributed by atoms with Gasteiger partial charge in [-0.05, 0) is 37.8 Å². The molecule has 7 heteroatoms. The molecular formula is C13H17N3O3S. The smallest absolute Gasteiger partial charge is 0.256 e. The van der Waals surface area contributed by atoms with E-state index in [9.17, 15) is 13.2 Å².